The summed E-state index contributed by atoms with van der Waals surface area (Å²) in [6.07, 6.45) is 1.72. The SMILES string of the molecule is CN1Cc2c(-c3nc(CCl)cs3)ncn2-c2cccc(Cl)c2C1=O. The molecule has 24 heavy (non-hydrogen) atoms. The molecular weight excluding hydrogens is 367 g/mol. The van der Waals surface area contributed by atoms with E-state index in [4.69, 9.17) is 23.2 Å². The average Bonchev–Trinajstić information content (AvgIpc) is 3.18. The van der Waals surface area contributed by atoms with Gasteiger partial charge < -0.3 is 4.90 Å². The summed E-state index contributed by atoms with van der Waals surface area (Å²) >= 11 is 13.6. The number of nitrogens with zero attached hydrogens (tertiary/aromatic N) is 4. The quantitative estimate of drug-likeness (QED) is 0.633. The number of carbonyl (C=O) groups is 1. The highest BCUT2D eigenvalue weighted by Crippen LogP contribution is 2.34. The topological polar surface area (TPSA) is 51.0 Å². The van der Waals surface area contributed by atoms with Crippen LogP contribution in [0.25, 0.3) is 16.4 Å². The molecule has 3 heterocycles. The third-order valence-corrected chi connectivity index (χ3v) is 5.44. The van der Waals surface area contributed by atoms with Crippen LogP contribution in [0.5, 0.6) is 0 Å². The van der Waals surface area contributed by atoms with Crippen molar-refractivity contribution < 1.29 is 4.79 Å². The summed E-state index contributed by atoms with van der Waals surface area (Å²) < 4.78 is 1.92. The average molecular weight is 379 g/mol. The predicted molar refractivity (Wildman–Crippen MR) is 95.0 cm³/mol. The minimum Gasteiger partial charge on any atom is -0.336 e. The molecule has 2 aromatic heterocycles. The van der Waals surface area contributed by atoms with Gasteiger partial charge in [0.1, 0.15) is 17.0 Å². The molecule has 3 aromatic rings. The molecule has 0 fully saturated rings. The van der Waals surface area contributed by atoms with Crippen molar-refractivity contribution in [2.45, 2.75) is 12.4 Å². The molecule has 4 rings (SSSR count). The van der Waals surface area contributed by atoms with Crippen LogP contribution in [-0.4, -0.2) is 32.4 Å². The minimum absolute atomic E-state index is 0.106. The van der Waals surface area contributed by atoms with E-state index in [-0.39, 0.29) is 5.91 Å². The molecule has 1 amide bonds. The van der Waals surface area contributed by atoms with Crippen LogP contribution in [0.4, 0.5) is 0 Å². The first-order chi connectivity index (χ1) is 11.6. The van der Waals surface area contributed by atoms with Crippen LogP contribution in [0.15, 0.2) is 29.9 Å². The maximum Gasteiger partial charge on any atom is 0.257 e. The molecular formula is C16H12Cl2N4OS. The van der Waals surface area contributed by atoms with E-state index in [2.05, 4.69) is 9.97 Å². The normalized spacial score (nSPS) is 13.6. The summed E-state index contributed by atoms with van der Waals surface area (Å²) in [6, 6.07) is 5.43. The lowest BCUT2D eigenvalue weighted by molar-refractivity contribution is 0.0788. The third kappa shape index (κ3) is 2.33. The number of halogens is 2. The third-order valence-electron chi connectivity index (χ3n) is 3.96. The fourth-order valence-electron chi connectivity index (χ4n) is 2.80. The molecule has 0 bridgehead atoms. The van der Waals surface area contributed by atoms with Gasteiger partial charge in [0.05, 0.1) is 40.1 Å². The van der Waals surface area contributed by atoms with Crippen molar-refractivity contribution in [3.8, 4) is 16.4 Å². The molecule has 0 aliphatic carbocycles. The Hall–Kier alpha value is -1.89. The molecule has 0 atom stereocenters. The van der Waals surface area contributed by atoms with Crippen LogP contribution in [0.2, 0.25) is 5.02 Å². The summed E-state index contributed by atoms with van der Waals surface area (Å²) in [5, 5.41) is 3.15. The molecule has 0 saturated heterocycles. The first kappa shape index (κ1) is 15.6. The van der Waals surface area contributed by atoms with E-state index in [1.165, 1.54) is 11.3 Å². The van der Waals surface area contributed by atoms with Gasteiger partial charge in [-0.15, -0.1) is 22.9 Å². The summed E-state index contributed by atoms with van der Waals surface area (Å²) in [5.74, 6) is 0.259. The van der Waals surface area contributed by atoms with Crippen molar-refractivity contribution >= 4 is 40.4 Å². The fraction of sp³-hybridized carbons (Fsp3) is 0.188. The zero-order valence-corrected chi connectivity index (χ0v) is 15.0. The Morgan fingerprint density at radius 2 is 2.21 bits per heavy atom. The van der Waals surface area contributed by atoms with Gasteiger partial charge in [-0.25, -0.2) is 9.97 Å². The first-order valence-corrected chi connectivity index (χ1v) is 9.00. The van der Waals surface area contributed by atoms with E-state index in [0.29, 0.717) is 23.0 Å². The number of aromatic nitrogens is 3. The molecule has 1 aliphatic heterocycles. The van der Waals surface area contributed by atoms with Crippen molar-refractivity contribution in [2.24, 2.45) is 0 Å². The van der Waals surface area contributed by atoms with Crippen LogP contribution in [0.3, 0.4) is 0 Å². The summed E-state index contributed by atoms with van der Waals surface area (Å²) in [4.78, 5) is 23.4. The molecule has 1 aromatic carbocycles. The molecule has 1 aliphatic rings. The molecule has 0 saturated carbocycles. The molecule has 5 nitrogen and oxygen atoms in total. The highest BCUT2D eigenvalue weighted by atomic mass is 35.5. The lowest BCUT2D eigenvalue weighted by Gasteiger charge is -2.15. The second-order valence-corrected chi connectivity index (χ2v) is 7.02. The standard InChI is InChI=1S/C16H12Cl2N4OS/c1-21-6-12-14(15-20-9(5-17)7-24-15)19-8-22(12)11-4-2-3-10(18)13(11)16(21)23/h2-4,7-8H,5-6H2,1H3. The molecule has 0 N–H and O–H groups in total. The van der Waals surface area contributed by atoms with Crippen LogP contribution < -0.4 is 0 Å². The number of imidazole rings is 1. The van der Waals surface area contributed by atoms with E-state index in [1.54, 1.807) is 24.3 Å². The van der Waals surface area contributed by atoms with E-state index in [0.717, 1.165) is 27.8 Å². The maximum atomic E-state index is 12.7. The zero-order chi connectivity index (χ0) is 16.8. The minimum atomic E-state index is -0.106. The maximum absolute atomic E-state index is 12.7. The fourth-order valence-corrected chi connectivity index (χ4v) is 4.12. The number of carbonyl (C=O) groups excluding carboxylic acids is 1. The van der Waals surface area contributed by atoms with Crippen LogP contribution >= 0.6 is 34.5 Å². The molecule has 8 heteroatoms. The Balaban J connectivity index is 1.94. The van der Waals surface area contributed by atoms with Gasteiger partial charge in [-0.1, -0.05) is 17.7 Å². The number of rotatable bonds is 2. The number of thiazole rings is 1. The summed E-state index contributed by atoms with van der Waals surface area (Å²) in [6.45, 7) is 0.426. The van der Waals surface area contributed by atoms with Gasteiger partial charge in [0.15, 0.2) is 0 Å². The largest absolute Gasteiger partial charge is 0.336 e. The summed E-state index contributed by atoms with van der Waals surface area (Å²) in [5.41, 5.74) is 3.72. The molecule has 0 radical (unpaired) electrons. The van der Waals surface area contributed by atoms with Crippen molar-refractivity contribution in [1.82, 2.24) is 19.4 Å². The Bertz CT molecular complexity index is 949. The van der Waals surface area contributed by atoms with Gasteiger partial charge in [0.2, 0.25) is 0 Å². The Morgan fingerprint density at radius 3 is 2.96 bits per heavy atom. The number of hydrogen-bond acceptors (Lipinski definition) is 4. The number of benzene rings is 1. The summed E-state index contributed by atoms with van der Waals surface area (Å²) in [7, 11) is 1.76. The van der Waals surface area contributed by atoms with Crippen LogP contribution in [-0.2, 0) is 12.4 Å². The second kappa shape index (κ2) is 5.88. The smallest absolute Gasteiger partial charge is 0.257 e. The van der Waals surface area contributed by atoms with Crippen molar-refractivity contribution in [2.75, 3.05) is 7.05 Å². The van der Waals surface area contributed by atoms with E-state index < -0.39 is 0 Å². The van der Waals surface area contributed by atoms with Gasteiger partial charge in [-0.3, -0.25) is 9.36 Å². The van der Waals surface area contributed by atoms with Crippen molar-refractivity contribution in [3.63, 3.8) is 0 Å². The highest BCUT2D eigenvalue weighted by molar-refractivity contribution is 7.13. The Kier molecular flexibility index (Phi) is 3.83. The predicted octanol–water partition coefficient (Wildman–Crippen LogP) is 3.97. The van der Waals surface area contributed by atoms with Crippen LogP contribution in [0.1, 0.15) is 21.7 Å². The van der Waals surface area contributed by atoms with Crippen LogP contribution in [0, 0.1) is 0 Å². The second-order valence-electron chi connectivity index (χ2n) is 5.48. The van der Waals surface area contributed by atoms with Gasteiger partial charge in [0.25, 0.3) is 5.91 Å². The number of amides is 1. The van der Waals surface area contributed by atoms with Gasteiger partial charge in [-0.2, -0.15) is 0 Å². The van der Waals surface area contributed by atoms with E-state index in [1.807, 2.05) is 22.1 Å². The van der Waals surface area contributed by atoms with Gasteiger partial charge in [0, 0.05) is 12.4 Å². The number of hydrogen-bond donors (Lipinski definition) is 0. The van der Waals surface area contributed by atoms with Crippen molar-refractivity contribution in [3.05, 3.63) is 51.9 Å². The monoisotopic (exact) mass is 378 g/mol. The number of alkyl halides is 1. The number of fused-ring (bicyclic) bond motifs is 3. The van der Waals surface area contributed by atoms with Gasteiger partial charge in [-0.05, 0) is 12.1 Å². The zero-order valence-electron chi connectivity index (χ0n) is 12.7. The molecule has 0 spiro atoms. The lowest BCUT2D eigenvalue weighted by atomic mass is 10.1. The Labute approximate surface area is 152 Å². The van der Waals surface area contributed by atoms with Gasteiger partial charge >= 0.3 is 0 Å². The van der Waals surface area contributed by atoms with Crippen molar-refractivity contribution in [1.29, 1.82) is 0 Å². The molecule has 122 valence electrons. The Morgan fingerprint density at radius 1 is 1.38 bits per heavy atom. The lowest BCUT2D eigenvalue weighted by Crippen LogP contribution is -2.25. The first-order valence-electron chi connectivity index (χ1n) is 7.21. The molecule has 0 unspecified atom stereocenters. The van der Waals surface area contributed by atoms with E-state index >= 15 is 0 Å². The highest BCUT2D eigenvalue weighted by Gasteiger charge is 2.29. The van der Waals surface area contributed by atoms with E-state index in [9.17, 15) is 4.79 Å².